The molecule has 0 bridgehead atoms. The molecule has 0 aromatic heterocycles. The summed E-state index contributed by atoms with van der Waals surface area (Å²) in [6.45, 7) is 3.39. The summed E-state index contributed by atoms with van der Waals surface area (Å²) in [6, 6.07) is 4.43. The van der Waals surface area contributed by atoms with Crippen molar-refractivity contribution in [1.82, 2.24) is 10.6 Å². The summed E-state index contributed by atoms with van der Waals surface area (Å²) < 4.78 is 0. The molecular weight excluding hydrogens is 234 g/mol. The first-order valence-corrected chi connectivity index (χ1v) is 5.84. The van der Waals surface area contributed by atoms with Crippen LogP contribution in [0, 0.1) is 17.0 Å². The first-order chi connectivity index (χ1) is 8.58. The predicted octanol–water partition coefficient (Wildman–Crippen LogP) is 0.995. The molecule has 1 aromatic carbocycles. The highest BCUT2D eigenvalue weighted by Gasteiger charge is 2.19. The minimum absolute atomic E-state index is 0.00610. The number of carbonyl (C=O) groups is 1. The van der Waals surface area contributed by atoms with E-state index < -0.39 is 4.92 Å². The molecule has 1 fully saturated rings. The fraction of sp³-hybridized carbons (Fsp3) is 0.417. The Balaban J connectivity index is 2.12. The Morgan fingerprint density at radius 1 is 1.56 bits per heavy atom. The van der Waals surface area contributed by atoms with Crippen LogP contribution in [0.25, 0.3) is 0 Å². The minimum Gasteiger partial charge on any atom is -0.348 e. The van der Waals surface area contributed by atoms with Gasteiger partial charge in [0.2, 0.25) is 0 Å². The summed E-state index contributed by atoms with van der Waals surface area (Å²) in [5.41, 5.74) is 1.12. The van der Waals surface area contributed by atoms with Gasteiger partial charge in [0.25, 0.3) is 11.6 Å². The number of aryl methyl sites for hydroxylation is 1. The van der Waals surface area contributed by atoms with Gasteiger partial charge in [0.1, 0.15) is 0 Å². The first kappa shape index (κ1) is 12.5. The van der Waals surface area contributed by atoms with Gasteiger partial charge < -0.3 is 10.6 Å². The highest BCUT2D eigenvalue weighted by atomic mass is 16.6. The van der Waals surface area contributed by atoms with Crippen LogP contribution >= 0.6 is 0 Å². The largest absolute Gasteiger partial charge is 0.348 e. The third-order valence-corrected chi connectivity index (χ3v) is 3.06. The topological polar surface area (TPSA) is 84.3 Å². The number of carbonyl (C=O) groups excluding carboxylic acids is 1. The van der Waals surface area contributed by atoms with Gasteiger partial charge in [-0.15, -0.1) is 0 Å². The van der Waals surface area contributed by atoms with Crippen LogP contribution in [0.1, 0.15) is 22.3 Å². The van der Waals surface area contributed by atoms with Crippen LogP contribution in [0.3, 0.4) is 0 Å². The number of hydrogen-bond acceptors (Lipinski definition) is 4. The molecule has 1 heterocycles. The molecule has 1 amide bonds. The number of nitrogens with zero attached hydrogens (tertiary/aromatic N) is 1. The van der Waals surface area contributed by atoms with E-state index in [1.165, 1.54) is 18.2 Å². The number of amides is 1. The number of benzene rings is 1. The summed E-state index contributed by atoms with van der Waals surface area (Å²) in [6.07, 6.45) is 0.914. The third-order valence-electron chi connectivity index (χ3n) is 3.06. The molecule has 1 aromatic rings. The van der Waals surface area contributed by atoms with Gasteiger partial charge in [-0.25, -0.2) is 0 Å². The fourth-order valence-electron chi connectivity index (χ4n) is 2.06. The molecule has 96 valence electrons. The average Bonchev–Trinajstić information content (AvgIpc) is 2.81. The number of nitro groups is 1. The Morgan fingerprint density at radius 2 is 2.33 bits per heavy atom. The van der Waals surface area contributed by atoms with Crippen molar-refractivity contribution in [2.45, 2.75) is 19.4 Å². The number of nitrogens with one attached hydrogen (secondary N) is 2. The number of non-ortho nitro benzene ring substituents is 1. The molecule has 18 heavy (non-hydrogen) atoms. The normalized spacial score (nSPS) is 18.6. The predicted molar refractivity (Wildman–Crippen MR) is 66.6 cm³/mol. The molecular formula is C12H15N3O3. The monoisotopic (exact) mass is 249 g/mol. The van der Waals surface area contributed by atoms with Gasteiger partial charge in [-0.1, -0.05) is 0 Å². The van der Waals surface area contributed by atoms with Gasteiger partial charge in [-0.3, -0.25) is 14.9 Å². The van der Waals surface area contributed by atoms with Gasteiger partial charge in [0.05, 0.1) is 4.92 Å². The van der Waals surface area contributed by atoms with Gasteiger partial charge in [-0.05, 0) is 31.5 Å². The van der Waals surface area contributed by atoms with E-state index in [0.29, 0.717) is 11.1 Å². The molecule has 0 aliphatic carbocycles. The maximum Gasteiger partial charge on any atom is 0.269 e. The van der Waals surface area contributed by atoms with Crippen molar-refractivity contribution in [3.05, 3.63) is 39.4 Å². The van der Waals surface area contributed by atoms with E-state index in [1.54, 1.807) is 6.92 Å². The standard InChI is InChI=1S/C12H15N3O3/c1-8-6-10(15(17)18)2-3-11(8)12(16)14-9-4-5-13-7-9/h2-3,6,9,13H,4-5,7H2,1H3,(H,14,16)/t9-/m0/s1. The van der Waals surface area contributed by atoms with Crippen molar-refractivity contribution in [2.75, 3.05) is 13.1 Å². The zero-order chi connectivity index (χ0) is 13.1. The zero-order valence-corrected chi connectivity index (χ0v) is 10.1. The zero-order valence-electron chi connectivity index (χ0n) is 10.1. The average molecular weight is 249 g/mol. The highest BCUT2D eigenvalue weighted by Crippen LogP contribution is 2.17. The molecule has 6 heteroatoms. The summed E-state index contributed by atoms with van der Waals surface area (Å²) >= 11 is 0. The lowest BCUT2D eigenvalue weighted by molar-refractivity contribution is -0.384. The third kappa shape index (κ3) is 2.65. The van der Waals surface area contributed by atoms with E-state index in [4.69, 9.17) is 0 Å². The minimum atomic E-state index is -0.463. The van der Waals surface area contributed by atoms with E-state index in [-0.39, 0.29) is 17.6 Å². The Labute approximate surface area is 105 Å². The van der Waals surface area contributed by atoms with Crippen LogP contribution in [0.2, 0.25) is 0 Å². The van der Waals surface area contributed by atoms with Crippen LogP contribution in [0.4, 0.5) is 5.69 Å². The molecule has 1 atom stereocenters. The van der Waals surface area contributed by atoms with E-state index in [0.717, 1.165) is 19.5 Å². The SMILES string of the molecule is Cc1cc([N+](=O)[O-])ccc1C(=O)N[C@H]1CCNC1. The van der Waals surface area contributed by atoms with Crippen LogP contribution in [-0.4, -0.2) is 30.0 Å². The Kier molecular flexibility index (Phi) is 3.57. The second kappa shape index (κ2) is 5.14. The molecule has 1 saturated heterocycles. The smallest absolute Gasteiger partial charge is 0.269 e. The molecule has 1 aliphatic heterocycles. The molecule has 1 aliphatic rings. The van der Waals surface area contributed by atoms with E-state index in [9.17, 15) is 14.9 Å². The van der Waals surface area contributed by atoms with Crippen molar-refractivity contribution in [3.63, 3.8) is 0 Å². The second-order valence-electron chi connectivity index (χ2n) is 4.42. The van der Waals surface area contributed by atoms with Crippen LogP contribution in [-0.2, 0) is 0 Å². The Hall–Kier alpha value is -1.95. The van der Waals surface area contributed by atoms with E-state index >= 15 is 0 Å². The van der Waals surface area contributed by atoms with Gasteiger partial charge in [0.15, 0.2) is 0 Å². The summed E-state index contributed by atoms with van der Waals surface area (Å²) in [5, 5.41) is 16.7. The molecule has 0 spiro atoms. The van der Waals surface area contributed by atoms with Crippen molar-refractivity contribution < 1.29 is 9.72 Å². The molecule has 2 rings (SSSR count). The molecule has 0 unspecified atom stereocenters. The lowest BCUT2D eigenvalue weighted by Crippen LogP contribution is -2.36. The Bertz CT molecular complexity index is 481. The van der Waals surface area contributed by atoms with Crippen molar-refractivity contribution in [1.29, 1.82) is 0 Å². The van der Waals surface area contributed by atoms with Crippen LogP contribution < -0.4 is 10.6 Å². The number of hydrogen-bond donors (Lipinski definition) is 2. The quantitative estimate of drug-likeness (QED) is 0.618. The summed E-state index contributed by atoms with van der Waals surface area (Å²) in [4.78, 5) is 22.1. The lowest BCUT2D eigenvalue weighted by atomic mass is 10.1. The fourth-order valence-corrected chi connectivity index (χ4v) is 2.06. The highest BCUT2D eigenvalue weighted by molar-refractivity contribution is 5.96. The first-order valence-electron chi connectivity index (χ1n) is 5.84. The van der Waals surface area contributed by atoms with Crippen molar-refractivity contribution >= 4 is 11.6 Å². The molecule has 2 N–H and O–H groups in total. The lowest BCUT2D eigenvalue weighted by Gasteiger charge is -2.12. The maximum absolute atomic E-state index is 12.0. The summed E-state index contributed by atoms with van der Waals surface area (Å²) in [7, 11) is 0. The Morgan fingerprint density at radius 3 is 2.89 bits per heavy atom. The molecule has 6 nitrogen and oxygen atoms in total. The second-order valence-corrected chi connectivity index (χ2v) is 4.42. The maximum atomic E-state index is 12.0. The number of rotatable bonds is 3. The number of nitro benzene ring substituents is 1. The summed E-state index contributed by atoms with van der Waals surface area (Å²) in [5.74, 6) is -0.170. The van der Waals surface area contributed by atoms with E-state index in [2.05, 4.69) is 10.6 Å². The van der Waals surface area contributed by atoms with Crippen molar-refractivity contribution in [3.8, 4) is 0 Å². The van der Waals surface area contributed by atoms with Gasteiger partial charge >= 0.3 is 0 Å². The van der Waals surface area contributed by atoms with Gasteiger partial charge in [0, 0.05) is 30.3 Å². The molecule has 0 radical (unpaired) electrons. The molecule has 0 saturated carbocycles. The van der Waals surface area contributed by atoms with Crippen molar-refractivity contribution in [2.24, 2.45) is 0 Å². The van der Waals surface area contributed by atoms with Crippen LogP contribution in [0.15, 0.2) is 18.2 Å². The van der Waals surface area contributed by atoms with E-state index in [1.807, 2.05) is 0 Å². The van der Waals surface area contributed by atoms with Crippen LogP contribution in [0.5, 0.6) is 0 Å². The van der Waals surface area contributed by atoms with Gasteiger partial charge in [-0.2, -0.15) is 0 Å².